The molecule has 3 unspecified atom stereocenters. The minimum absolute atomic E-state index is 0.635. The van der Waals surface area contributed by atoms with Crippen LogP contribution < -0.4 is 5.73 Å². The normalized spacial score (nSPS) is 28.6. The molecule has 1 aliphatic rings. The number of nitrogens with zero attached hydrogens (tertiary/aromatic N) is 1. The fourth-order valence-electron chi connectivity index (χ4n) is 3.08. The molecular weight excluding hydrogens is 208 g/mol. The summed E-state index contributed by atoms with van der Waals surface area (Å²) >= 11 is 0. The lowest BCUT2D eigenvalue weighted by Gasteiger charge is -2.42. The molecule has 1 rings (SSSR count). The average Bonchev–Trinajstić information content (AvgIpc) is 2.34. The topological polar surface area (TPSA) is 29.3 Å². The summed E-state index contributed by atoms with van der Waals surface area (Å²) in [5.41, 5.74) is 5.96. The molecule has 0 aromatic carbocycles. The van der Waals surface area contributed by atoms with Crippen LogP contribution in [0.15, 0.2) is 0 Å². The zero-order valence-corrected chi connectivity index (χ0v) is 12.3. The minimum atomic E-state index is 0.635. The molecule has 1 aliphatic heterocycles. The van der Waals surface area contributed by atoms with Crippen molar-refractivity contribution in [3.63, 3.8) is 0 Å². The first-order valence-corrected chi connectivity index (χ1v) is 7.54. The number of piperidine rings is 1. The van der Waals surface area contributed by atoms with Crippen molar-refractivity contribution in [3.8, 4) is 0 Å². The van der Waals surface area contributed by atoms with E-state index in [1.54, 1.807) is 0 Å². The third-order valence-corrected chi connectivity index (χ3v) is 4.45. The maximum Gasteiger partial charge on any atom is 0.0223 e. The molecule has 1 heterocycles. The number of hydrogen-bond donors (Lipinski definition) is 1. The maximum atomic E-state index is 5.96. The van der Waals surface area contributed by atoms with Gasteiger partial charge in [-0.1, -0.05) is 27.2 Å². The third-order valence-electron chi connectivity index (χ3n) is 4.45. The lowest BCUT2D eigenvalue weighted by Crippen LogP contribution is -2.50. The summed E-state index contributed by atoms with van der Waals surface area (Å²) in [7, 11) is 0. The number of nitrogens with two attached hydrogens (primary N) is 1. The van der Waals surface area contributed by atoms with E-state index in [1.165, 1.54) is 38.6 Å². The molecule has 0 aromatic rings. The first-order chi connectivity index (χ1) is 8.08. The Labute approximate surface area is 108 Å². The van der Waals surface area contributed by atoms with Crippen molar-refractivity contribution in [3.05, 3.63) is 0 Å². The van der Waals surface area contributed by atoms with Gasteiger partial charge in [0.05, 0.1) is 0 Å². The monoisotopic (exact) mass is 240 g/mol. The van der Waals surface area contributed by atoms with Gasteiger partial charge in [0.1, 0.15) is 0 Å². The molecule has 0 radical (unpaired) electrons. The molecular formula is C15H32N2. The molecule has 2 heteroatoms. The Bertz CT molecular complexity index is 203. The van der Waals surface area contributed by atoms with Crippen LogP contribution in [0.2, 0.25) is 0 Å². The standard InChI is InChI=1S/C15H32N2/c1-5-14-8-9-17(15(10-14)11-16)13(4)7-6-12(2)3/h12-15H,5-11,16H2,1-4H3. The Morgan fingerprint density at radius 2 is 1.94 bits per heavy atom. The van der Waals surface area contributed by atoms with Crippen LogP contribution in [0.25, 0.3) is 0 Å². The Morgan fingerprint density at radius 3 is 2.47 bits per heavy atom. The largest absolute Gasteiger partial charge is 0.329 e. The van der Waals surface area contributed by atoms with E-state index in [0.29, 0.717) is 12.1 Å². The van der Waals surface area contributed by atoms with Crippen molar-refractivity contribution in [1.29, 1.82) is 0 Å². The molecule has 17 heavy (non-hydrogen) atoms. The molecule has 1 saturated heterocycles. The number of likely N-dealkylation sites (tertiary alicyclic amines) is 1. The first kappa shape index (κ1) is 15.0. The molecule has 0 spiro atoms. The van der Waals surface area contributed by atoms with Crippen molar-refractivity contribution in [1.82, 2.24) is 4.90 Å². The van der Waals surface area contributed by atoms with Gasteiger partial charge < -0.3 is 5.73 Å². The summed E-state index contributed by atoms with van der Waals surface area (Å²) < 4.78 is 0. The van der Waals surface area contributed by atoms with E-state index in [-0.39, 0.29) is 0 Å². The molecule has 0 aromatic heterocycles. The van der Waals surface area contributed by atoms with E-state index in [9.17, 15) is 0 Å². The number of rotatable bonds is 6. The Kier molecular flexibility index (Phi) is 6.50. The fraction of sp³-hybridized carbons (Fsp3) is 1.00. The molecule has 102 valence electrons. The molecule has 0 saturated carbocycles. The number of hydrogen-bond acceptors (Lipinski definition) is 2. The van der Waals surface area contributed by atoms with Crippen molar-refractivity contribution < 1.29 is 0 Å². The van der Waals surface area contributed by atoms with Gasteiger partial charge in [-0.3, -0.25) is 4.90 Å². The average molecular weight is 240 g/mol. The van der Waals surface area contributed by atoms with Crippen molar-refractivity contribution in [2.45, 2.75) is 71.9 Å². The SMILES string of the molecule is CCC1CCN(C(C)CCC(C)C)C(CN)C1. The van der Waals surface area contributed by atoms with Crippen LogP contribution in [0.3, 0.4) is 0 Å². The van der Waals surface area contributed by atoms with Crippen molar-refractivity contribution in [2.75, 3.05) is 13.1 Å². The van der Waals surface area contributed by atoms with Gasteiger partial charge in [0.15, 0.2) is 0 Å². The fourth-order valence-corrected chi connectivity index (χ4v) is 3.08. The summed E-state index contributed by atoms with van der Waals surface area (Å²) in [6.45, 7) is 11.4. The quantitative estimate of drug-likeness (QED) is 0.772. The zero-order chi connectivity index (χ0) is 12.8. The lowest BCUT2D eigenvalue weighted by atomic mass is 9.87. The van der Waals surface area contributed by atoms with Gasteiger partial charge in [0.2, 0.25) is 0 Å². The molecule has 1 fully saturated rings. The van der Waals surface area contributed by atoms with E-state index in [2.05, 4.69) is 32.6 Å². The zero-order valence-electron chi connectivity index (χ0n) is 12.3. The second-order valence-corrected chi connectivity index (χ2v) is 6.25. The summed E-state index contributed by atoms with van der Waals surface area (Å²) in [5.74, 6) is 1.74. The van der Waals surface area contributed by atoms with E-state index in [4.69, 9.17) is 5.73 Å². The Hall–Kier alpha value is -0.0800. The lowest BCUT2D eigenvalue weighted by molar-refractivity contribution is 0.0714. The predicted molar refractivity (Wildman–Crippen MR) is 76.1 cm³/mol. The first-order valence-electron chi connectivity index (χ1n) is 7.54. The highest BCUT2D eigenvalue weighted by molar-refractivity contribution is 4.85. The van der Waals surface area contributed by atoms with Crippen molar-refractivity contribution >= 4 is 0 Å². The van der Waals surface area contributed by atoms with Gasteiger partial charge in [-0.25, -0.2) is 0 Å². The van der Waals surface area contributed by atoms with Crippen LogP contribution in [0.5, 0.6) is 0 Å². The molecule has 0 aliphatic carbocycles. The molecule has 3 atom stereocenters. The molecule has 0 amide bonds. The summed E-state index contributed by atoms with van der Waals surface area (Å²) in [6, 6.07) is 1.35. The van der Waals surface area contributed by atoms with Crippen LogP contribution in [0.1, 0.15) is 59.8 Å². The highest BCUT2D eigenvalue weighted by Gasteiger charge is 2.29. The van der Waals surface area contributed by atoms with Gasteiger partial charge in [-0.15, -0.1) is 0 Å². The van der Waals surface area contributed by atoms with Gasteiger partial charge >= 0.3 is 0 Å². The van der Waals surface area contributed by atoms with Crippen LogP contribution in [0.4, 0.5) is 0 Å². The Balaban J connectivity index is 2.45. The van der Waals surface area contributed by atoms with Crippen molar-refractivity contribution in [2.24, 2.45) is 17.6 Å². The predicted octanol–water partition coefficient (Wildman–Crippen LogP) is 3.26. The smallest absolute Gasteiger partial charge is 0.0223 e. The highest BCUT2D eigenvalue weighted by atomic mass is 15.2. The van der Waals surface area contributed by atoms with Gasteiger partial charge in [-0.2, -0.15) is 0 Å². The van der Waals surface area contributed by atoms with Crippen LogP contribution >= 0.6 is 0 Å². The van der Waals surface area contributed by atoms with E-state index >= 15 is 0 Å². The molecule has 2 N–H and O–H groups in total. The summed E-state index contributed by atoms with van der Waals surface area (Å²) in [4.78, 5) is 2.68. The summed E-state index contributed by atoms with van der Waals surface area (Å²) in [6.07, 6.45) is 6.68. The maximum absolute atomic E-state index is 5.96. The van der Waals surface area contributed by atoms with E-state index < -0.39 is 0 Å². The molecule has 0 bridgehead atoms. The van der Waals surface area contributed by atoms with Gasteiger partial charge in [0, 0.05) is 18.6 Å². The Morgan fingerprint density at radius 1 is 1.24 bits per heavy atom. The summed E-state index contributed by atoms with van der Waals surface area (Å²) in [5, 5.41) is 0. The molecule has 2 nitrogen and oxygen atoms in total. The van der Waals surface area contributed by atoms with E-state index in [1.807, 2.05) is 0 Å². The minimum Gasteiger partial charge on any atom is -0.329 e. The van der Waals surface area contributed by atoms with Crippen LogP contribution in [-0.4, -0.2) is 30.1 Å². The third kappa shape index (κ3) is 4.59. The van der Waals surface area contributed by atoms with E-state index in [0.717, 1.165) is 18.4 Å². The second kappa shape index (κ2) is 7.38. The van der Waals surface area contributed by atoms with Gasteiger partial charge in [-0.05, 0) is 51.0 Å². The highest BCUT2D eigenvalue weighted by Crippen LogP contribution is 2.27. The van der Waals surface area contributed by atoms with Gasteiger partial charge in [0.25, 0.3) is 0 Å². The second-order valence-electron chi connectivity index (χ2n) is 6.25. The van der Waals surface area contributed by atoms with Crippen LogP contribution in [0, 0.1) is 11.8 Å². The van der Waals surface area contributed by atoms with Crippen LogP contribution in [-0.2, 0) is 0 Å².